The number of rotatable bonds is 15. The molecule has 0 radical (unpaired) electrons. The number of aliphatic hydroxyl groups excluding tert-OH is 2. The molecule has 0 aromatic carbocycles. The molecule has 28 heteroatoms. The zero-order chi connectivity index (χ0) is 35.7. The normalized spacial score (nSPS) is 27.6. The third kappa shape index (κ3) is 10.3. The van der Waals surface area contributed by atoms with Crippen LogP contribution in [0.1, 0.15) is 12.5 Å². The SMILES string of the molecule is COCCNP(=O)(OC[C@H]1O[C@@H](n2ccc(N)nc2=O)[C@H](O)[C@@H]1O)O[C@H]1[C@@H](OC)[C@H](n2cnc3c(=O)[nH]c(N)nc32)O[C@@H]1COP(=O)([O-])[O-].[Na+].[Na+]. The molecule has 0 aliphatic carbocycles. The summed E-state index contributed by atoms with van der Waals surface area (Å²) in [5, 5.41) is 23.9. The number of imidazole rings is 1. The van der Waals surface area contributed by atoms with Gasteiger partial charge in [-0.3, -0.25) is 28.0 Å². The minimum absolute atomic E-state index is 0. The fourth-order valence-electron chi connectivity index (χ4n) is 5.18. The molecule has 24 nitrogen and oxygen atoms in total. The zero-order valence-electron chi connectivity index (χ0n) is 27.7. The molecule has 2 saturated heterocycles. The molecule has 2 fully saturated rings. The van der Waals surface area contributed by atoms with E-state index in [4.69, 9.17) is 39.5 Å². The Labute approximate surface area is 331 Å². The molecule has 3 aromatic heterocycles. The Kier molecular flexibility index (Phi) is 16.0. The van der Waals surface area contributed by atoms with Gasteiger partial charge in [-0.15, -0.1) is 0 Å². The van der Waals surface area contributed by atoms with Crippen LogP contribution in [0.25, 0.3) is 11.2 Å². The number of aromatic amines is 1. The first-order chi connectivity index (χ1) is 23.1. The predicted octanol–water partition coefficient (Wildman–Crippen LogP) is -10.3. The van der Waals surface area contributed by atoms with Crippen LogP contribution >= 0.6 is 15.6 Å². The van der Waals surface area contributed by atoms with Crippen molar-refractivity contribution in [1.29, 1.82) is 0 Å². The number of nitrogen functional groups attached to an aromatic ring is 2. The number of phosphoric acid groups is 1. The van der Waals surface area contributed by atoms with E-state index in [2.05, 4.69) is 29.5 Å². The molecule has 5 rings (SSSR count). The van der Waals surface area contributed by atoms with Gasteiger partial charge in [0, 0.05) is 27.0 Å². The molecule has 2 aliphatic heterocycles. The summed E-state index contributed by atoms with van der Waals surface area (Å²) in [7, 11) is -7.57. The van der Waals surface area contributed by atoms with E-state index in [9.17, 15) is 38.7 Å². The van der Waals surface area contributed by atoms with E-state index in [1.54, 1.807) is 0 Å². The number of methoxy groups -OCH3 is 2. The Hall–Kier alpha value is -1.19. The smallest absolute Gasteiger partial charge is 0.790 e. The average molecular weight is 783 g/mol. The second-order valence-electron chi connectivity index (χ2n) is 10.6. The molecule has 272 valence electrons. The summed E-state index contributed by atoms with van der Waals surface area (Å²) in [6.07, 6.45) is -9.40. The minimum atomic E-state index is -5.56. The monoisotopic (exact) mass is 783 g/mol. The fourth-order valence-corrected chi connectivity index (χ4v) is 7.02. The van der Waals surface area contributed by atoms with Gasteiger partial charge in [-0.25, -0.2) is 19.4 Å². The van der Waals surface area contributed by atoms with E-state index < -0.39 is 89.1 Å². The zero-order valence-corrected chi connectivity index (χ0v) is 33.5. The van der Waals surface area contributed by atoms with Crippen LogP contribution in [-0.2, 0) is 41.6 Å². The summed E-state index contributed by atoms with van der Waals surface area (Å²) in [5.41, 5.74) is 9.45. The van der Waals surface area contributed by atoms with Gasteiger partial charge in [0.1, 0.15) is 42.4 Å². The van der Waals surface area contributed by atoms with Gasteiger partial charge in [-0.1, -0.05) is 0 Å². The molecule has 3 aromatic rings. The van der Waals surface area contributed by atoms with E-state index in [0.717, 1.165) is 10.9 Å². The Morgan fingerprint density at radius 2 is 1.69 bits per heavy atom. The van der Waals surface area contributed by atoms with Gasteiger partial charge in [0.25, 0.3) is 5.56 Å². The van der Waals surface area contributed by atoms with Crippen molar-refractivity contribution in [3.63, 3.8) is 0 Å². The number of aliphatic hydroxyl groups is 2. The third-order valence-corrected chi connectivity index (χ3v) is 9.51. The van der Waals surface area contributed by atoms with Gasteiger partial charge in [0.15, 0.2) is 23.6 Å². The summed E-state index contributed by atoms with van der Waals surface area (Å²) in [6, 6.07) is 1.27. The molecule has 0 spiro atoms. The minimum Gasteiger partial charge on any atom is -0.790 e. The van der Waals surface area contributed by atoms with Gasteiger partial charge >= 0.3 is 72.6 Å². The van der Waals surface area contributed by atoms with Crippen LogP contribution < -0.4 is 96.7 Å². The number of hydrogen-bond donors (Lipinski definition) is 6. The molecule has 0 amide bonds. The Balaban J connectivity index is 0.00000351. The van der Waals surface area contributed by atoms with E-state index in [1.165, 1.54) is 31.0 Å². The van der Waals surface area contributed by atoms with E-state index in [0.29, 0.717) is 0 Å². The molecule has 2 aliphatic rings. The number of anilines is 2. The second-order valence-corrected chi connectivity index (χ2v) is 13.6. The van der Waals surface area contributed by atoms with Gasteiger partial charge < -0.3 is 59.5 Å². The van der Waals surface area contributed by atoms with Crippen LogP contribution in [0.2, 0.25) is 0 Å². The first kappa shape index (κ1) is 44.2. The molecule has 9 atom stereocenters. The maximum Gasteiger partial charge on any atom is 1.00 e. The van der Waals surface area contributed by atoms with Gasteiger partial charge in [-0.05, 0) is 6.07 Å². The van der Waals surface area contributed by atoms with Crippen molar-refractivity contribution in [3.05, 3.63) is 39.4 Å². The molecule has 1 unspecified atom stereocenters. The number of nitrogens with two attached hydrogens (primary N) is 2. The van der Waals surface area contributed by atoms with Crippen molar-refractivity contribution < 1.29 is 121 Å². The first-order valence-corrected chi connectivity index (χ1v) is 17.3. The van der Waals surface area contributed by atoms with Crippen LogP contribution in [0.5, 0.6) is 0 Å². The third-order valence-electron chi connectivity index (χ3n) is 7.42. The number of nitrogens with zero attached hydrogens (tertiary/aromatic N) is 5. The fraction of sp³-hybridized carbons (Fsp3) is 0.609. The van der Waals surface area contributed by atoms with Crippen molar-refractivity contribution >= 4 is 38.5 Å². The Morgan fingerprint density at radius 3 is 2.33 bits per heavy atom. The summed E-state index contributed by atoms with van der Waals surface area (Å²) in [4.78, 5) is 61.4. The van der Waals surface area contributed by atoms with Crippen LogP contribution in [0.3, 0.4) is 0 Å². The summed E-state index contributed by atoms with van der Waals surface area (Å²) < 4.78 is 65.9. The number of ether oxygens (including phenoxy) is 4. The quantitative estimate of drug-likeness (QED) is 0.0473. The van der Waals surface area contributed by atoms with Crippen molar-refractivity contribution in [1.82, 2.24) is 34.2 Å². The number of phosphoric ester groups is 1. The van der Waals surface area contributed by atoms with Crippen molar-refractivity contribution in [3.8, 4) is 0 Å². The van der Waals surface area contributed by atoms with Crippen LogP contribution in [0.15, 0.2) is 28.2 Å². The number of aromatic nitrogens is 6. The molecule has 8 N–H and O–H groups in total. The van der Waals surface area contributed by atoms with Crippen LogP contribution in [0.4, 0.5) is 11.8 Å². The number of H-pyrrole nitrogens is 1. The topological polar surface area (TPSA) is 348 Å². The van der Waals surface area contributed by atoms with Crippen LogP contribution in [-0.4, -0.2) is 116 Å². The molecule has 0 saturated carbocycles. The number of fused-ring (bicyclic) bond motifs is 1. The molecular weight excluding hydrogens is 750 g/mol. The maximum absolute atomic E-state index is 14.2. The average Bonchev–Trinajstić information content (AvgIpc) is 3.68. The summed E-state index contributed by atoms with van der Waals surface area (Å²) >= 11 is 0. The maximum atomic E-state index is 14.2. The molecular formula is C23H33N9Na2O15P2. The number of nitrogens with one attached hydrogen (secondary N) is 2. The standard InChI is InChI=1S/C23H35N9O15P2.2Na/c1-41-6-4-27-48(37,43-7-10-14(33)15(34)20(45-10)31-5-3-12(24)28-23(31)36)47-16-11(8-44-49(38,39)40)46-21(17(16)42-2)32-9-26-13-18(32)29-22(25)30-19(13)35;;/h3,5,9-11,14-17,20-21,33-34H,4,6-8H2,1-2H3,(H,27,37)(H2,24,28,36)(H2,38,39,40)(H3,25,29,30,35);;/q;2*+1/p-2/t10-,11-,14-,15-,16-,17-,20-,21-,48?;;/m1../s1. The molecule has 5 heterocycles. The second kappa shape index (κ2) is 18.4. The Morgan fingerprint density at radius 1 is 1.00 bits per heavy atom. The van der Waals surface area contributed by atoms with Crippen LogP contribution in [0, 0.1) is 0 Å². The first-order valence-electron chi connectivity index (χ1n) is 14.2. The van der Waals surface area contributed by atoms with E-state index in [1.807, 2.05) is 0 Å². The molecule has 0 bridgehead atoms. The van der Waals surface area contributed by atoms with Gasteiger partial charge in [-0.2, -0.15) is 9.97 Å². The molecule has 51 heavy (non-hydrogen) atoms. The van der Waals surface area contributed by atoms with Crippen molar-refractivity contribution in [2.45, 2.75) is 49.1 Å². The van der Waals surface area contributed by atoms with Gasteiger partial charge in [0.2, 0.25) is 5.95 Å². The van der Waals surface area contributed by atoms with Crippen molar-refractivity contribution in [2.24, 2.45) is 0 Å². The predicted molar refractivity (Wildman–Crippen MR) is 158 cm³/mol. The summed E-state index contributed by atoms with van der Waals surface area (Å²) in [5.74, 6) is -0.354. The van der Waals surface area contributed by atoms with Gasteiger partial charge in [0.05, 0.1) is 34.0 Å². The van der Waals surface area contributed by atoms with Crippen molar-refractivity contribution in [2.75, 3.05) is 52.1 Å². The van der Waals surface area contributed by atoms with E-state index in [-0.39, 0.29) is 95.2 Å². The summed E-state index contributed by atoms with van der Waals surface area (Å²) in [6.45, 7) is -1.78. The Bertz CT molecular complexity index is 1850. The van der Waals surface area contributed by atoms with E-state index >= 15 is 0 Å². The number of hydrogen-bond acceptors (Lipinski definition) is 20. The largest absolute Gasteiger partial charge is 1.00 e.